The highest BCUT2D eigenvalue weighted by atomic mass is 16.1. The predicted molar refractivity (Wildman–Crippen MR) is 67.2 cm³/mol. The fourth-order valence-electron chi connectivity index (χ4n) is 4.34. The lowest BCUT2D eigenvalue weighted by atomic mass is 9.49. The van der Waals surface area contributed by atoms with Crippen LogP contribution < -0.4 is 0 Å². The molecule has 90 valence electrons. The summed E-state index contributed by atoms with van der Waals surface area (Å²) < 4.78 is 0. The maximum atomic E-state index is 11.4. The van der Waals surface area contributed by atoms with E-state index >= 15 is 0 Å². The Morgan fingerprint density at radius 1 is 1.31 bits per heavy atom. The minimum atomic E-state index is 0.158. The molecule has 1 nitrogen and oxygen atoms in total. The molecule has 0 aliphatic heterocycles. The van der Waals surface area contributed by atoms with Crippen LogP contribution in [0.1, 0.15) is 53.4 Å². The minimum Gasteiger partial charge on any atom is -0.303 e. The molecule has 0 bridgehead atoms. The highest BCUT2D eigenvalue weighted by molar-refractivity contribution is 5.61. The van der Waals surface area contributed by atoms with Gasteiger partial charge in [-0.05, 0) is 42.9 Å². The highest BCUT2D eigenvalue weighted by Crippen LogP contribution is 2.58. The Morgan fingerprint density at radius 2 is 2.00 bits per heavy atom. The summed E-state index contributed by atoms with van der Waals surface area (Å²) in [7, 11) is 0. The lowest BCUT2D eigenvalue weighted by Crippen LogP contribution is -2.48. The smallest absolute Gasteiger partial charge is 0.127 e. The van der Waals surface area contributed by atoms with Crippen molar-refractivity contribution in [1.82, 2.24) is 0 Å². The largest absolute Gasteiger partial charge is 0.303 e. The third kappa shape index (κ3) is 1.56. The Balaban J connectivity index is 2.42. The van der Waals surface area contributed by atoms with E-state index in [9.17, 15) is 4.79 Å². The first-order chi connectivity index (χ1) is 7.42. The van der Waals surface area contributed by atoms with Crippen molar-refractivity contribution in [1.29, 1.82) is 0 Å². The Hall–Kier alpha value is -0.590. The highest BCUT2D eigenvalue weighted by Gasteiger charge is 2.51. The van der Waals surface area contributed by atoms with E-state index in [0.717, 1.165) is 0 Å². The third-order valence-electron chi connectivity index (χ3n) is 5.29. The molecule has 16 heavy (non-hydrogen) atoms. The Bertz CT molecular complexity index is 326. The summed E-state index contributed by atoms with van der Waals surface area (Å²) in [5, 5.41) is 0. The monoisotopic (exact) mass is 220 g/mol. The zero-order valence-corrected chi connectivity index (χ0v) is 11.0. The van der Waals surface area contributed by atoms with E-state index in [1.165, 1.54) is 37.5 Å². The fraction of sp³-hybridized carbons (Fsp3) is 0.800. The molecule has 0 heterocycles. The van der Waals surface area contributed by atoms with E-state index in [4.69, 9.17) is 0 Å². The van der Waals surface area contributed by atoms with Crippen LogP contribution in [-0.4, -0.2) is 6.29 Å². The van der Waals surface area contributed by atoms with Crippen LogP contribution in [0.2, 0.25) is 0 Å². The van der Waals surface area contributed by atoms with Gasteiger partial charge in [0.2, 0.25) is 0 Å². The molecule has 2 aliphatic rings. The second-order valence-corrected chi connectivity index (χ2v) is 6.70. The van der Waals surface area contributed by atoms with E-state index in [1.807, 2.05) is 0 Å². The Labute approximate surface area is 99.3 Å². The summed E-state index contributed by atoms with van der Waals surface area (Å²) >= 11 is 0. The number of fused-ring (bicyclic) bond motifs is 1. The average molecular weight is 220 g/mol. The van der Waals surface area contributed by atoms with E-state index in [1.54, 1.807) is 0 Å². The SMILES string of the molecule is CC1=CC[C@@H]2C(C)(C)CCC[C@@]2(C)C1C=O. The van der Waals surface area contributed by atoms with Gasteiger partial charge >= 0.3 is 0 Å². The van der Waals surface area contributed by atoms with E-state index < -0.39 is 0 Å². The third-order valence-corrected chi connectivity index (χ3v) is 5.29. The summed E-state index contributed by atoms with van der Waals surface area (Å²) in [6.07, 6.45) is 8.47. The lowest BCUT2D eigenvalue weighted by molar-refractivity contribution is -0.119. The molecule has 1 saturated carbocycles. The van der Waals surface area contributed by atoms with Gasteiger partial charge in [-0.3, -0.25) is 0 Å². The van der Waals surface area contributed by atoms with Crippen molar-refractivity contribution in [2.24, 2.45) is 22.7 Å². The van der Waals surface area contributed by atoms with Crippen LogP contribution in [0.5, 0.6) is 0 Å². The van der Waals surface area contributed by atoms with Crippen LogP contribution in [0.3, 0.4) is 0 Å². The standard InChI is InChI=1S/C15H24O/c1-11-6-7-13-14(2,3)8-5-9-15(13,4)12(11)10-16/h6,10,12-13H,5,7-9H2,1-4H3/t12?,13-,15+/m1/s1. The van der Waals surface area contributed by atoms with Crippen LogP contribution in [0.15, 0.2) is 11.6 Å². The molecule has 0 aromatic carbocycles. The molecular weight excluding hydrogens is 196 g/mol. The quantitative estimate of drug-likeness (QED) is 0.482. The van der Waals surface area contributed by atoms with Crippen LogP contribution in [0, 0.1) is 22.7 Å². The zero-order chi connectivity index (χ0) is 12.0. The van der Waals surface area contributed by atoms with Gasteiger partial charge in [-0.2, -0.15) is 0 Å². The number of aldehydes is 1. The van der Waals surface area contributed by atoms with Gasteiger partial charge in [-0.15, -0.1) is 0 Å². The molecule has 1 heteroatoms. The number of hydrogen-bond donors (Lipinski definition) is 0. The number of allylic oxidation sites excluding steroid dienone is 2. The predicted octanol–water partition coefficient (Wildman–Crippen LogP) is 3.98. The molecule has 0 N–H and O–H groups in total. The summed E-state index contributed by atoms with van der Waals surface area (Å²) in [6, 6.07) is 0. The van der Waals surface area contributed by atoms with Gasteiger partial charge in [0.1, 0.15) is 6.29 Å². The van der Waals surface area contributed by atoms with Crippen molar-refractivity contribution >= 4 is 6.29 Å². The van der Waals surface area contributed by atoms with E-state index in [-0.39, 0.29) is 11.3 Å². The van der Waals surface area contributed by atoms with E-state index in [0.29, 0.717) is 11.3 Å². The van der Waals surface area contributed by atoms with Crippen molar-refractivity contribution in [2.75, 3.05) is 0 Å². The zero-order valence-electron chi connectivity index (χ0n) is 11.0. The van der Waals surface area contributed by atoms with Crippen molar-refractivity contribution in [3.05, 3.63) is 11.6 Å². The van der Waals surface area contributed by atoms with Gasteiger partial charge in [0.15, 0.2) is 0 Å². The molecule has 0 saturated heterocycles. The first-order valence-electron chi connectivity index (χ1n) is 6.54. The number of hydrogen-bond acceptors (Lipinski definition) is 1. The molecule has 2 rings (SSSR count). The summed E-state index contributed by atoms with van der Waals surface area (Å²) in [6.45, 7) is 9.23. The molecule has 0 aromatic heterocycles. The summed E-state index contributed by atoms with van der Waals surface area (Å²) in [4.78, 5) is 11.4. The normalized spacial score (nSPS) is 42.1. The molecule has 0 aromatic rings. The van der Waals surface area contributed by atoms with Crippen LogP contribution in [0.4, 0.5) is 0 Å². The number of carbonyl (C=O) groups excluding carboxylic acids is 1. The summed E-state index contributed by atoms with van der Waals surface area (Å²) in [5.74, 6) is 0.832. The topological polar surface area (TPSA) is 17.1 Å². The van der Waals surface area contributed by atoms with Crippen molar-refractivity contribution in [3.8, 4) is 0 Å². The van der Waals surface area contributed by atoms with Gasteiger partial charge < -0.3 is 4.79 Å². The van der Waals surface area contributed by atoms with Crippen LogP contribution in [0.25, 0.3) is 0 Å². The van der Waals surface area contributed by atoms with Crippen molar-refractivity contribution in [3.63, 3.8) is 0 Å². The maximum absolute atomic E-state index is 11.4. The van der Waals surface area contributed by atoms with Crippen LogP contribution in [-0.2, 0) is 4.79 Å². The fourth-order valence-corrected chi connectivity index (χ4v) is 4.34. The molecule has 0 radical (unpaired) electrons. The maximum Gasteiger partial charge on any atom is 0.127 e. The average Bonchev–Trinajstić information content (AvgIpc) is 2.15. The number of carbonyl (C=O) groups is 1. The van der Waals surface area contributed by atoms with Gasteiger partial charge in [0.25, 0.3) is 0 Å². The van der Waals surface area contributed by atoms with Gasteiger partial charge in [-0.25, -0.2) is 0 Å². The van der Waals surface area contributed by atoms with Crippen molar-refractivity contribution in [2.45, 2.75) is 53.4 Å². The molecular formula is C15H24O. The molecule has 0 amide bonds. The van der Waals surface area contributed by atoms with Gasteiger partial charge in [0.05, 0.1) is 0 Å². The Kier molecular flexibility index (Phi) is 2.76. The van der Waals surface area contributed by atoms with Crippen molar-refractivity contribution < 1.29 is 4.79 Å². The second-order valence-electron chi connectivity index (χ2n) is 6.70. The van der Waals surface area contributed by atoms with Gasteiger partial charge in [-0.1, -0.05) is 38.8 Å². The lowest BCUT2D eigenvalue weighted by Gasteiger charge is -2.55. The molecule has 2 aliphatic carbocycles. The Morgan fingerprint density at radius 3 is 2.62 bits per heavy atom. The second kappa shape index (κ2) is 3.72. The van der Waals surface area contributed by atoms with Crippen LogP contribution >= 0.6 is 0 Å². The first-order valence-corrected chi connectivity index (χ1v) is 6.54. The minimum absolute atomic E-state index is 0.158. The molecule has 3 atom stereocenters. The van der Waals surface area contributed by atoms with E-state index in [2.05, 4.69) is 33.8 Å². The molecule has 1 fully saturated rings. The number of rotatable bonds is 1. The summed E-state index contributed by atoms with van der Waals surface area (Å²) in [5.41, 5.74) is 1.90. The van der Waals surface area contributed by atoms with Gasteiger partial charge in [0, 0.05) is 5.92 Å². The molecule has 1 unspecified atom stereocenters. The molecule has 0 spiro atoms. The first kappa shape index (κ1) is 11.9.